The number of hydrogen-bond donors (Lipinski definition) is 0. The quantitative estimate of drug-likeness (QED) is 0.556. The first-order valence-corrected chi connectivity index (χ1v) is 8.99. The summed E-state index contributed by atoms with van der Waals surface area (Å²) in [4.78, 5) is 0. The molecule has 3 aliphatic carbocycles. The minimum atomic E-state index is 0.665. The van der Waals surface area contributed by atoms with E-state index in [0.717, 1.165) is 5.92 Å². The summed E-state index contributed by atoms with van der Waals surface area (Å²) in [5.41, 5.74) is 1.99. The molecule has 0 bridgehead atoms. The molecule has 0 aliphatic heterocycles. The van der Waals surface area contributed by atoms with E-state index in [9.17, 15) is 0 Å². The van der Waals surface area contributed by atoms with Gasteiger partial charge in [0.05, 0.1) is 0 Å². The van der Waals surface area contributed by atoms with Crippen molar-refractivity contribution >= 4 is 0 Å². The highest BCUT2D eigenvalue weighted by atomic mass is 14.6. The van der Waals surface area contributed by atoms with Gasteiger partial charge in [-0.15, -0.1) is 0 Å². The van der Waals surface area contributed by atoms with Gasteiger partial charge >= 0.3 is 0 Å². The molecule has 3 aliphatic rings. The van der Waals surface area contributed by atoms with Crippen LogP contribution in [0.1, 0.15) is 97.8 Å². The maximum absolute atomic E-state index is 2.66. The van der Waals surface area contributed by atoms with E-state index in [2.05, 4.69) is 20.8 Å². The molecule has 0 heterocycles. The average Bonchev–Trinajstić information content (AvgIpc) is 3.03. The van der Waals surface area contributed by atoms with Gasteiger partial charge in [-0.1, -0.05) is 59.3 Å². The van der Waals surface area contributed by atoms with E-state index >= 15 is 0 Å². The Bertz CT molecular complexity index is 257. The smallest absolute Gasteiger partial charge is 0.0252 e. The Morgan fingerprint density at radius 3 is 0.895 bits per heavy atom. The number of hydrogen-bond acceptors (Lipinski definition) is 0. The lowest BCUT2D eigenvalue weighted by Crippen LogP contribution is -2.46. The molecular formula is C19H34. The van der Waals surface area contributed by atoms with Crippen molar-refractivity contribution in [2.24, 2.45) is 22.2 Å². The van der Waals surface area contributed by atoms with Crippen LogP contribution in [0.4, 0.5) is 0 Å². The fraction of sp³-hybridized carbons (Fsp3) is 1.00. The molecule has 0 radical (unpaired) electrons. The molecule has 19 heavy (non-hydrogen) atoms. The monoisotopic (exact) mass is 262 g/mol. The van der Waals surface area contributed by atoms with Gasteiger partial charge in [0.25, 0.3) is 0 Å². The highest BCUT2D eigenvalue weighted by Crippen LogP contribution is 2.65. The third-order valence-electron chi connectivity index (χ3n) is 7.33. The molecule has 0 nitrogen and oxygen atoms in total. The zero-order valence-corrected chi connectivity index (χ0v) is 13.6. The second kappa shape index (κ2) is 4.78. The molecule has 0 heteroatoms. The van der Waals surface area contributed by atoms with Gasteiger partial charge in [-0.2, -0.15) is 0 Å². The molecule has 0 aromatic carbocycles. The van der Waals surface area contributed by atoms with Crippen LogP contribution >= 0.6 is 0 Å². The first-order chi connectivity index (χ1) is 8.99. The standard InChI is InChI=1S/C19H34/c1-17(10-4-5-11-17)16(18(2)12-6-7-13-18)19(3)14-8-9-15-19/h16H,4-15H2,1-3H3. The maximum atomic E-state index is 2.66. The highest BCUT2D eigenvalue weighted by molar-refractivity contribution is 5.05. The first-order valence-electron chi connectivity index (χ1n) is 8.99. The van der Waals surface area contributed by atoms with E-state index in [1.165, 1.54) is 77.0 Å². The molecule has 0 saturated heterocycles. The summed E-state index contributed by atoms with van der Waals surface area (Å²) in [5, 5.41) is 0. The van der Waals surface area contributed by atoms with Crippen molar-refractivity contribution in [3.05, 3.63) is 0 Å². The largest absolute Gasteiger partial charge is 0.0593 e. The van der Waals surface area contributed by atoms with Gasteiger partial charge in [0, 0.05) is 0 Å². The normalized spacial score (nSPS) is 32.2. The summed E-state index contributed by atoms with van der Waals surface area (Å²) in [7, 11) is 0. The predicted molar refractivity (Wildman–Crippen MR) is 83.2 cm³/mol. The summed E-state index contributed by atoms with van der Waals surface area (Å²) in [6, 6.07) is 0. The Hall–Kier alpha value is 0. The second-order valence-electron chi connectivity index (χ2n) is 9.02. The van der Waals surface area contributed by atoms with Gasteiger partial charge in [-0.25, -0.2) is 0 Å². The average molecular weight is 262 g/mol. The van der Waals surface area contributed by atoms with Gasteiger partial charge in [0.15, 0.2) is 0 Å². The van der Waals surface area contributed by atoms with Gasteiger partial charge < -0.3 is 0 Å². The van der Waals surface area contributed by atoms with Crippen molar-refractivity contribution in [3.8, 4) is 0 Å². The van der Waals surface area contributed by atoms with E-state index in [4.69, 9.17) is 0 Å². The first kappa shape index (κ1) is 14.0. The summed E-state index contributed by atoms with van der Waals surface area (Å²) < 4.78 is 0. The van der Waals surface area contributed by atoms with Gasteiger partial charge in [-0.05, 0) is 60.7 Å². The summed E-state index contributed by atoms with van der Waals surface area (Å²) >= 11 is 0. The molecule has 0 aromatic rings. The lowest BCUT2D eigenvalue weighted by atomic mass is 9.51. The van der Waals surface area contributed by atoms with E-state index in [1.54, 1.807) is 0 Å². The SMILES string of the molecule is CC1(C(C2(C)CCCC2)C2(C)CCCC2)CCCC1. The maximum Gasteiger partial charge on any atom is -0.0252 e. The van der Waals surface area contributed by atoms with Crippen LogP contribution in [0.3, 0.4) is 0 Å². The molecule has 3 rings (SSSR count). The van der Waals surface area contributed by atoms with Crippen LogP contribution in [0.5, 0.6) is 0 Å². The summed E-state index contributed by atoms with van der Waals surface area (Å²) in [6.07, 6.45) is 18.1. The van der Waals surface area contributed by atoms with Crippen molar-refractivity contribution in [1.29, 1.82) is 0 Å². The Labute approximate surface area is 120 Å². The van der Waals surface area contributed by atoms with Crippen LogP contribution in [-0.4, -0.2) is 0 Å². The van der Waals surface area contributed by atoms with Crippen LogP contribution in [0.2, 0.25) is 0 Å². The Morgan fingerprint density at radius 2 is 0.684 bits per heavy atom. The van der Waals surface area contributed by atoms with Crippen molar-refractivity contribution in [3.63, 3.8) is 0 Å². The number of rotatable bonds is 3. The summed E-state index contributed by atoms with van der Waals surface area (Å²) in [5.74, 6) is 1.000. The molecule has 3 fully saturated rings. The van der Waals surface area contributed by atoms with Crippen LogP contribution < -0.4 is 0 Å². The van der Waals surface area contributed by atoms with Gasteiger partial charge in [0.2, 0.25) is 0 Å². The van der Waals surface area contributed by atoms with E-state index in [0.29, 0.717) is 16.2 Å². The molecule has 0 amide bonds. The van der Waals surface area contributed by atoms with Crippen LogP contribution in [0, 0.1) is 22.2 Å². The Balaban J connectivity index is 1.95. The molecule has 3 saturated carbocycles. The van der Waals surface area contributed by atoms with Crippen molar-refractivity contribution in [2.45, 2.75) is 97.8 Å². The molecular weight excluding hydrogens is 228 g/mol. The third kappa shape index (κ3) is 2.28. The highest BCUT2D eigenvalue weighted by Gasteiger charge is 2.55. The molecule has 0 unspecified atom stereocenters. The predicted octanol–water partition coefficient (Wildman–Crippen LogP) is 6.34. The lowest BCUT2D eigenvalue weighted by Gasteiger charge is -2.53. The van der Waals surface area contributed by atoms with Crippen molar-refractivity contribution in [2.75, 3.05) is 0 Å². The minimum Gasteiger partial charge on any atom is -0.0593 e. The Kier molecular flexibility index (Phi) is 3.51. The molecule has 0 N–H and O–H groups in total. The van der Waals surface area contributed by atoms with Crippen LogP contribution in [0.25, 0.3) is 0 Å². The fourth-order valence-electron chi connectivity index (χ4n) is 6.94. The van der Waals surface area contributed by atoms with Gasteiger partial charge in [-0.3, -0.25) is 0 Å². The van der Waals surface area contributed by atoms with Crippen LogP contribution in [0.15, 0.2) is 0 Å². The minimum absolute atomic E-state index is 0.665. The second-order valence-corrected chi connectivity index (χ2v) is 9.02. The molecule has 0 spiro atoms. The molecule has 0 atom stereocenters. The zero-order valence-electron chi connectivity index (χ0n) is 13.6. The Morgan fingerprint density at radius 1 is 0.474 bits per heavy atom. The topological polar surface area (TPSA) is 0 Å². The fourth-order valence-corrected chi connectivity index (χ4v) is 6.94. The van der Waals surface area contributed by atoms with Gasteiger partial charge in [0.1, 0.15) is 0 Å². The van der Waals surface area contributed by atoms with E-state index in [1.807, 2.05) is 0 Å². The zero-order chi connectivity index (χ0) is 13.6. The molecule has 110 valence electrons. The van der Waals surface area contributed by atoms with E-state index in [-0.39, 0.29) is 0 Å². The van der Waals surface area contributed by atoms with Crippen molar-refractivity contribution in [1.82, 2.24) is 0 Å². The van der Waals surface area contributed by atoms with E-state index < -0.39 is 0 Å². The van der Waals surface area contributed by atoms with Crippen LogP contribution in [-0.2, 0) is 0 Å². The van der Waals surface area contributed by atoms with Crippen molar-refractivity contribution < 1.29 is 0 Å². The lowest BCUT2D eigenvalue weighted by molar-refractivity contribution is -0.0470. The third-order valence-corrected chi connectivity index (χ3v) is 7.33. The summed E-state index contributed by atoms with van der Waals surface area (Å²) in [6.45, 7) is 7.99. The molecule has 0 aromatic heterocycles.